The van der Waals surface area contributed by atoms with Crippen molar-refractivity contribution in [1.29, 1.82) is 0 Å². The van der Waals surface area contributed by atoms with Crippen LogP contribution in [0.4, 0.5) is 0 Å². The number of aldehydes is 1. The summed E-state index contributed by atoms with van der Waals surface area (Å²) in [5.41, 5.74) is 0.462. The van der Waals surface area contributed by atoms with Crippen LogP contribution in [0.3, 0.4) is 0 Å². The van der Waals surface area contributed by atoms with Crippen LogP contribution in [-0.2, 0) is 4.79 Å². The predicted molar refractivity (Wildman–Crippen MR) is 36.1 cm³/mol. The van der Waals surface area contributed by atoms with Gasteiger partial charge in [-0.05, 0) is 12.0 Å². The van der Waals surface area contributed by atoms with Crippen molar-refractivity contribution in [2.24, 2.45) is 0 Å². The number of carbonyl (C=O) groups excluding carboxylic acids is 1. The average Bonchev–Trinajstić information content (AvgIpc) is 1.87. The zero-order chi connectivity index (χ0) is 7.28. The summed E-state index contributed by atoms with van der Waals surface area (Å²) >= 11 is 0. The normalized spacial score (nSPS) is 12.7. The van der Waals surface area contributed by atoms with Gasteiger partial charge in [0.2, 0.25) is 0 Å². The Morgan fingerprint density at radius 3 is 2.78 bits per heavy atom. The third-order valence-corrected chi connectivity index (χ3v) is 1.14. The third kappa shape index (κ3) is 3.91. The summed E-state index contributed by atoms with van der Waals surface area (Å²) in [5, 5.41) is 8.94. The van der Waals surface area contributed by atoms with Crippen LogP contribution in [0.15, 0.2) is 12.2 Å². The molecule has 0 aromatic rings. The molecule has 0 aliphatic carbocycles. The molecule has 0 aromatic carbocycles. The van der Waals surface area contributed by atoms with Gasteiger partial charge in [0.05, 0.1) is 6.10 Å². The van der Waals surface area contributed by atoms with E-state index < -0.39 is 6.10 Å². The first-order valence-corrected chi connectivity index (χ1v) is 3.01. The molecule has 0 amide bonds. The van der Waals surface area contributed by atoms with E-state index in [1.165, 1.54) is 0 Å². The molecule has 0 saturated carbocycles. The number of carbonyl (C=O) groups is 1. The van der Waals surface area contributed by atoms with Crippen molar-refractivity contribution in [2.75, 3.05) is 0 Å². The van der Waals surface area contributed by atoms with Gasteiger partial charge < -0.3 is 5.11 Å². The van der Waals surface area contributed by atoms with Gasteiger partial charge in [0.25, 0.3) is 0 Å². The average molecular weight is 128 g/mol. The molecule has 0 radical (unpaired) electrons. The second-order valence-electron chi connectivity index (χ2n) is 2.04. The minimum Gasteiger partial charge on any atom is -0.393 e. The van der Waals surface area contributed by atoms with Crippen molar-refractivity contribution in [3.05, 3.63) is 12.2 Å². The molecule has 2 heteroatoms. The van der Waals surface area contributed by atoms with Gasteiger partial charge in [0, 0.05) is 6.42 Å². The fourth-order valence-corrected chi connectivity index (χ4v) is 0.495. The monoisotopic (exact) mass is 128 g/mol. The Morgan fingerprint density at radius 2 is 2.44 bits per heavy atom. The molecule has 0 saturated heterocycles. The van der Waals surface area contributed by atoms with Crippen LogP contribution in [0.1, 0.15) is 19.8 Å². The van der Waals surface area contributed by atoms with Crippen LogP contribution in [0.25, 0.3) is 0 Å². The summed E-state index contributed by atoms with van der Waals surface area (Å²) in [6, 6.07) is 0. The van der Waals surface area contributed by atoms with Gasteiger partial charge in [-0.15, -0.1) is 0 Å². The van der Waals surface area contributed by atoms with Crippen molar-refractivity contribution >= 4 is 6.29 Å². The van der Waals surface area contributed by atoms with Crippen LogP contribution in [0.5, 0.6) is 0 Å². The summed E-state index contributed by atoms with van der Waals surface area (Å²) in [6.45, 7) is 5.30. The molecule has 1 atom stereocenters. The summed E-state index contributed by atoms with van der Waals surface area (Å²) in [5.74, 6) is 0. The lowest BCUT2D eigenvalue weighted by atomic mass is 10.1. The predicted octanol–water partition coefficient (Wildman–Crippen LogP) is 0.902. The quantitative estimate of drug-likeness (QED) is 0.451. The third-order valence-electron chi connectivity index (χ3n) is 1.14. The molecule has 0 spiro atoms. The molecule has 0 rings (SSSR count). The fourth-order valence-electron chi connectivity index (χ4n) is 0.495. The van der Waals surface area contributed by atoms with Crippen LogP contribution in [0.2, 0.25) is 0 Å². The van der Waals surface area contributed by atoms with E-state index in [2.05, 4.69) is 6.58 Å². The van der Waals surface area contributed by atoms with Crippen molar-refractivity contribution < 1.29 is 9.90 Å². The van der Waals surface area contributed by atoms with E-state index in [1.54, 1.807) is 0 Å². The fraction of sp³-hybridized carbons (Fsp3) is 0.571. The highest BCUT2D eigenvalue weighted by Gasteiger charge is 2.00. The molecule has 2 nitrogen and oxygen atoms in total. The SMILES string of the molecule is C=C(C=O)CC(O)CC. The molecule has 0 aliphatic rings. The van der Waals surface area contributed by atoms with Gasteiger partial charge in [-0.1, -0.05) is 13.5 Å². The lowest BCUT2D eigenvalue weighted by Gasteiger charge is -2.03. The van der Waals surface area contributed by atoms with Crippen molar-refractivity contribution in [3.63, 3.8) is 0 Å². The second kappa shape index (κ2) is 4.27. The zero-order valence-electron chi connectivity index (χ0n) is 5.63. The number of hydrogen-bond donors (Lipinski definition) is 1. The summed E-state index contributed by atoms with van der Waals surface area (Å²) < 4.78 is 0. The van der Waals surface area contributed by atoms with Gasteiger partial charge in [-0.2, -0.15) is 0 Å². The Morgan fingerprint density at radius 1 is 1.89 bits per heavy atom. The zero-order valence-corrected chi connectivity index (χ0v) is 5.63. The minimum absolute atomic E-state index is 0.400. The van der Waals surface area contributed by atoms with Crippen molar-refractivity contribution in [1.82, 2.24) is 0 Å². The molecule has 1 unspecified atom stereocenters. The van der Waals surface area contributed by atoms with E-state index >= 15 is 0 Å². The number of rotatable bonds is 4. The maximum atomic E-state index is 9.95. The molecule has 1 N–H and O–H groups in total. The molecule has 0 fully saturated rings. The van der Waals surface area contributed by atoms with Crippen LogP contribution in [-0.4, -0.2) is 17.5 Å². The van der Waals surface area contributed by atoms with Crippen molar-refractivity contribution in [3.8, 4) is 0 Å². The molecule has 52 valence electrons. The first-order valence-electron chi connectivity index (χ1n) is 3.01. The Kier molecular flexibility index (Phi) is 3.97. The molecule has 0 aromatic heterocycles. The van der Waals surface area contributed by atoms with E-state index in [-0.39, 0.29) is 0 Å². The Labute approximate surface area is 55.2 Å². The number of hydrogen-bond acceptors (Lipinski definition) is 2. The Hall–Kier alpha value is -0.630. The highest BCUT2D eigenvalue weighted by Crippen LogP contribution is 2.02. The van der Waals surface area contributed by atoms with Crippen LogP contribution < -0.4 is 0 Å². The highest BCUT2D eigenvalue weighted by atomic mass is 16.3. The molecule has 9 heavy (non-hydrogen) atoms. The topological polar surface area (TPSA) is 37.3 Å². The molecular formula is C7H12O2. The molecule has 0 heterocycles. The maximum absolute atomic E-state index is 9.95. The summed E-state index contributed by atoms with van der Waals surface area (Å²) in [6.07, 6.45) is 1.36. The van der Waals surface area contributed by atoms with Gasteiger partial charge in [-0.25, -0.2) is 0 Å². The Balaban J connectivity index is 3.46. The van der Waals surface area contributed by atoms with E-state index in [0.29, 0.717) is 24.7 Å². The summed E-state index contributed by atoms with van der Waals surface area (Å²) in [4.78, 5) is 9.95. The minimum atomic E-state index is -0.400. The first kappa shape index (κ1) is 8.37. The Bertz CT molecular complexity index is 107. The highest BCUT2D eigenvalue weighted by molar-refractivity contribution is 5.71. The lowest BCUT2D eigenvalue weighted by molar-refractivity contribution is -0.105. The van der Waals surface area contributed by atoms with E-state index in [0.717, 1.165) is 0 Å². The van der Waals surface area contributed by atoms with Gasteiger partial charge in [0.1, 0.15) is 6.29 Å². The van der Waals surface area contributed by atoms with E-state index in [4.69, 9.17) is 5.11 Å². The van der Waals surface area contributed by atoms with Crippen molar-refractivity contribution in [2.45, 2.75) is 25.9 Å². The van der Waals surface area contributed by atoms with Crippen LogP contribution in [0, 0.1) is 0 Å². The molecule has 0 bridgehead atoms. The van der Waals surface area contributed by atoms with E-state index in [1.807, 2.05) is 6.92 Å². The second-order valence-corrected chi connectivity index (χ2v) is 2.04. The lowest BCUT2D eigenvalue weighted by Crippen LogP contribution is -2.05. The molecule has 0 aliphatic heterocycles. The largest absolute Gasteiger partial charge is 0.393 e. The number of aliphatic hydroxyl groups is 1. The molecular weight excluding hydrogens is 116 g/mol. The van der Waals surface area contributed by atoms with Crippen LogP contribution >= 0.6 is 0 Å². The van der Waals surface area contributed by atoms with Gasteiger partial charge in [0.15, 0.2) is 0 Å². The van der Waals surface area contributed by atoms with Gasteiger partial charge >= 0.3 is 0 Å². The maximum Gasteiger partial charge on any atom is 0.145 e. The first-order chi connectivity index (χ1) is 4.20. The summed E-state index contributed by atoms with van der Waals surface area (Å²) in [7, 11) is 0. The van der Waals surface area contributed by atoms with E-state index in [9.17, 15) is 4.79 Å². The smallest absolute Gasteiger partial charge is 0.145 e. The standard InChI is InChI=1S/C7H12O2/c1-3-7(9)4-6(2)5-8/h5,7,9H,2-4H2,1H3. The van der Waals surface area contributed by atoms with Gasteiger partial charge in [-0.3, -0.25) is 4.79 Å². The number of aliphatic hydroxyl groups excluding tert-OH is 1.